The third kappa shape index (κ3) is 6.74. The van der Waals surface area contributed by atoms with Crippen LogP contribution in [0.25, 0.3) is 0 Å². The van der Waals surface area contributed by atoms with E-state index in [1.807, 2.05) is 30.3 Å². The van der Waals surface area contributed by atoms with Gasteiger partial charge in [0.2, 0.25) is 0 Å². The molecule has 0 aliphatic heterocycles. The number of benzene rings is 1. The quantitative estimate of drug-likeness (QED) is 0.734. The highest BCUT2D eigenvalue weighted by atomic mass is 16.6. The number of hydrogen-bond donors (Lipinski definition) is 1. The van der Waals surface area contributed by atoms with Gasteiger partial charge in [0.05, 0.1) is 20.0 Å². The minimum atomic E-state index is -1.03. The van der Waals surface area contributed by atoms with Crippen LogP contribution in [-0.4, -0.2) is 48.2 Å². The summed E-state index contributed by atoms with van der Waals surface area (Å²) in [5.41, 5.74) is 0.821. The molecule has 7 heteroatoms. The van der Waals surface area contributed by atoms with Crippen molar-refractivity contribution in [1.82, 2.24) is 4.90 Å². The van der Waals surface area contributed by atoms with Gasteiger partial charge in [0, 0.05) is 13.1 Å². The molecule has 0 fully saturated rings. The average molecular weight is 309 g/mol. The minimum Gasteiger partial charge on any atom is -0.481 e. The Morgan fingerprint density at radius 2 is 1.73 bits per heavy atom. The molecule has 0 unspecified atom stereocenters. The SMILES string of the molecule is COC(=O)CCN(CCC(=O)O)C(=O)OCc1ccccc1. The van der Waals surface area contributed by atoms with Crippen LogP contribution >= 0.6 is 0 Å². The number of rotatable bonds is 8. The molecule has 7 nitrogen and oxygen atoms in total. The zero-order valence-corrected chi connectivity index (χ0v) is 12.4. The molecule has 0 aliphatic carbocycles. The lowest BCUT2D eigenvalue weighted by atomic mass is 10.2. The first-order valence-corrected chi connectivity index (χ1v) is 6.77. The number of carbonyl (C=O) groups is 3. The second-order valence-corrected chi connectivity index (χ2v) is 4.50. The highest BCUT2D eigenvalue weighted by molar-refractivity contribution is 5.73. The van der Waals surface area contributed by atoms with Gasteiger partial charge < -0.3 is 19.5 Å². The minimum absolute atomic E-state index is 0.0173. The van der Waals surface area contributed by atoms with Crippen molar-refractivity contribution in [2.24, 2.45) is 0 Å². The number of nitrogens with zero attached hydrogens (tertiary/aromatic N) is 1. The molecule has 1 rings (SSSR count). The van der Waals surface area contributed by atoms with Gasteiger partial charge in [0.25, 0.3) is 0 Å². The van der Waals surface area contributed by atoms with Gasteiger partial charge in [-0.2, -0.15) is 0 Å². The molecule has 0 spiro atoms. The standard InChI is InChI=1S/C15H19NO6/c1-21-14(19)8-10-16(9-7-13(17)18)15(20)22-11-12-5-3-2-4-6-12/h2-6H,7-11H2,1H3,(H,17,18). The maximum atomic E-state index is 12.0. The van der Waals surface area contributed by atoms with Crippen LogP contribution in [-0.2, 0) is 25.7 Å². The molecule has 0 bridgehead atoms. The summed E-state index contributed by atoms with van der Waals surface area (Å²) in [6.45, 7) is 0.106. The van der Waals surface area contributed by atoms with E-state index in [2.05, 4.69) is 4.74 Å². The number of carboxylic acid groups (broad SMARTS) is 1. The van der Waals surface area contributed by atoms with Crippen molar-refractivity contribution in [3.05, 3.63) is 35.9 Å². The van der Waals surface area contributed by atoms with E-state index >= 15 is 0 Å². The molecule has 0 heterocycles. The zero-order valence-electron chi connectivity index (χ0n) is 12.4. The van der Waals surface area contributed by atoms with E-state index in [0.29, 0.717) is 0 Å². The maximum absolute atomic E-state index is 12.0. The summed E-state index contributed by atoms with van der Waals surface area (Å²) < 4.78 is 9.63. The number of carbonyl (C=O) groups excluding carboxylic acids is 2. The third-order valence-corrected chi connectivity index (χ3v) is 2.87. The lowest BCUT2D eigenvalue weighted by molar-refractivity contribution is -0.140. The molecule has 0 atom stereocenters. The molecule has 0 radical (unpaired) electrons. The van der Waals surface area contributed by atoms with E-state index in [4.69, 9.17) is 9.84 Å². The number of ether oxygens (including phenoxy) is 2. The fourth-order valence-electron chi connectivity index (χ4n) is 1.66. The summed E-state index contributed by atoms with van der Waals surface area (Å²) in [7, 11) is 1.25. The topological polar surface area (TPSA) is 93.1 Å². The van der Waals surface area contributed by atoms with Crippen LogP contribution in [0.5, 0.6) is 0 Å². The fourth-order valence-corrected chi connectivity index (χ4v) is 1.66. The fraction of sp³-hybridized carbons (Fsp3) is 0.400. The summed E-state index contributed by atoms with van der Waals surface area (Å²) in [6, 6.07) is 9.11. The van der Waals surface area contributed by atoms with E-state index < -0.39 is 18.0 Å². The molecule has 1 aromatic carbocycles. The van der Waals surface area contributed by atoms with Crippen LogP contribution in [0.3, 0.4) is 0 Å². The number of methoxy groups -OCH3 is 1. The number of aliphatic carboxylic acids is 1. The van der Waals surface area contributed by atoms with Gasteiger partial charge >= 0.3 is 18.0 Å². The van der Waals surface area contributed by atoms with Crippen molar-refractivity contribution in [2.75, 3.05) is 20.2 Å². The first-order chi connectivity index (χ1) is 10.5. The summed E-state index contributed by atoms with van der Waals surface area (Å²) in [5.74, 6) is -1.50. The van der Waals surface area contributed by atoms with E-state index in [1.165, 1.54) is 12.0 Å². The molecule has 1 N–H and O–H groups in total. The Bertz CT molecular complexity index is 502. The van der Waals surface area contributed by atoms with Crippen LogP contribution in [0.4, 0.5) is 4.79 Å². The summed E-state index contributed by atoms with van der Waals surface area (Å²) in [5, 5.41) is 8.71. The Kier molecular flexibility index (Phi) is 7.45. The van der Waals surface area contributed by atoms with Gasteiger partial charge in [-0.1, -0.05) is 30.3 Å². The van der Waals surface area contributed by atoms with Crippen LogP contribution in [0, 0.1) is 0 Å². The van der Waals surface area contributed by atoms with Crippen molar-refractivity contribution in [2.45, 2.75) is 19.4 Å². The van der Waals surface area contributed by atoms with Gasteiger partial charge in [-0.25, -0.2) is 4.79 Å². The normalized spacial score (nSPS) is 9.86. The third-order valence-electron chi connectivity index (χ3n) is 2.87. The van der Waals surface area contributed by atoms with E-state index in [-0.39, 0.29) is 32.5 Å². The van der Waals surface area contributed by atoms with Gasteiger partial charge in [0.1, 0.15) is 6.61 Å². The Balaban J connectivity index is 2.53. The lowest BCUT2D eigenvalue weighted by Crippen LogP contribution is -2.35. The first-order valence-electron chi connectivity index (χ1n) is 6.77. The molecule has 22 heavy (non-hydrogen) atoms. The number of esters is 1. The monoisotopic (exact) mass is 309 g/mol. The Morgan fingerprint density at radius 1 is 1.09 bits per heavy atom. The van der Waals surface area contributed by atoms with Crippen molar-refractivity contribution >= 4 is 18.0 Å². The maximum Gasteiger partial charge on any atom is 0.410 e. The first kappa shape index (κ1) is 17.5. The highest BCUT2D eigenvalue weighted by Gasteiger charge is 2.17. The Labute approximate surface area is 128 Å². The van der Waals surface area contributed by atoms with Gasteiger partial charge in [0.15, 0.2) is 0 Å². The van der Waals surface area contributed by atoms with Crippen molar-refractivity contribution in [1.29, 1.82) is 0 Å². The predicted molar refractivity (Wildman–Crippen MR) is 77.1 cm³/mol. The summed E-state index contributed by atoms with van der Waals surface area (Å²) in [6.07, 6.45) is -0.896. The van der Waals surface area contributed by atoms with Crippen LogP contribution in [0.15, 0.2) is 30.3 Å². The zero-order chi connectivity index (χ0) is 16.4. The molecule has 0 saturated heterocycles. The Hall–Kier alpha value is -2.57. The average Bonchev–Trinajstić information content (AvgIpc) is 2.53. The van der Waals surface area contributed by atoms with E-state index in [9.17, 15) is 14.4 Å². The molecule has 0 aromatic heterocycles. The second-order valence-electron chi connectivity index (χ2n) is 4.50. The highest BCUT2D eigenvalue weighted by Crippen LogP contribution is 2.05. The smallest absolute Gasteiger partial charge is 0.410 e. The molecular weight excluding hydrogens is 290 g/mol. The van der Waals surface area contributed by atoms with E-state index in [1.54, 1.807) is 0 Å². The number of hydrogen-bond acceptors (Lipinski definition) is 5. The molecule has 1 aromatic rings. The van der Waals surface area contributed by atoms with Crippen LogP contribution in [0.2, 0.25) is 0 Å². The summed E-state index contributed by atoms with van der Waals surface area (Å²) >= 11 is 0. The summed E-state index contributed by atoms with van der Waals surface area (Å²) in [4.78, 5) is 34.9. The molecule has 120 valence electrons. The number of amides is 1. The van der Waals surface area contributed by atoms with Crippen LogP contribution < -0.4 is 0 Å². The predicted octanol–water partition coefficient (Wildman–Crippen LogP) is 1.66. The molecular formula is C15H19NO6. The Morgan fingerprint density at radius 3 is 2.32 bits per heavy atom. The van der Waals surface area contributed by atoms with Crippen LogP contribution in [0.1, 0.15) is 18.4 Å². The molecule has 0 aliphatic rings. The van der Waals surface area contributed by atoms with Gasteiger partial charge in [-0.15, -0.1) is 0 Å². The van der Waals surface area contributed by atoms with Gasteiger partial charge in [-0.3, -0.25) is 9.59 Å². The lowest BCUT2D eigenvalue weighted by Gasteiger charge is -2.21. The second kappa shape index (κ2) is 9.38. The molecule has 0 saturated carbocycles. The van der Waals surface area contributed by atoms with Gasteiger partial charge in [-0.05, 0) is 5.56 Å². The largest absolute Gasteiger partial charge is 0.481 e. The van der Waals surface area contributed by atoms with E-state index in [0.717, 1.165) is 5.56 Å². The molecule has 1 amide bonds. The van der Waals surface area contributed by atoms with Crippen molar-refractivity contribution in [3.8, 4) is 0 Å². The van der Waals surface area contributed by atoms with Crippen molar-refractivity contribution in [3.63, 3.8) is 0 Å². The number of carboxylic acids is 1. The van der Waals surface area contributed by atoms with Crippen molar-refractivity contribution < 1.29 is 29.0 Å².